The molecular weight excluding hydrogens is 288 g/mol. The number of amides is 1. The second-order valence-electron chi connectivity index (χ2n) is 6.51. The Hall–Kier alpha value is -1.26. The van der Waals surface area contributed by atoms with Crippen LogP contribution in [0.1, 0.15) is 45.7 Å². The summed E-state index contributed by atoms with van der Waals surface area (Å²) in [5.74, 6) is 0.576. The van der Waals surface area contributed by atoms with E-state index in [-0.39, 0.29) is 17.4 Å². The molecule has 0 radical (unpaired) electrons. The number of anilines is 1. The van der Waals surface area contributed by atoms with Crippen molar-refractivity contribution < 1.29 is 9.53 Å². The van der Waals surface area contributed by atoms with E-state index in [0.717, 1.165) is 24.2 Å². The van der Waals surface area contributed by atoms with Gasteiger partial charge in [0, 0.05) is 17.3 Å². The summed E-state index contributed by atoms with van der Waals surface area (Å²) >= 11 is 6.28. The summed E-state index contributed by atoms with van der Waals surface area (Å²) in [5, 5.41) is 6.56. The minimum Gasteiger partial charge on any atom is -0.492 e. The number of rotatable bonds is 5. The number of hydrogen-bond acceptors (Lipinski definition) is 3. The maximum atomic E-state index is 11.9. The lowest BCUT2D eigenvalue weighted by Crippen LogP contribution is -2.27. The van der Waals surface area contributed by atoms with Crippen LogP contribution in [-0.4, -0.2) is 19.1 Å². The van der Waals surface area contributed by atoms with Crippen LogP contribution in [0, 0.1) is 5.41 Å². The SMILES string of the molecule is CCNC1C(=O)Nc2cc(OCCC(C)(C)C)c(Cl)cc21. The van der Waals surface area contributed by atoms with Gasteiger partial charge in [0.15, 0.2) is 0 Å². The number of benzene rings is 1. The number of likely N-dealkylation sites (N-methyl/N-ethyl adjacent to an activating group) is 1. The quantitative estimate of drug-likeness (QED) is 0.870. The number of halogens is 1. The maximum absolute atomic E-state index is 11.9. The predicted molar refractivity (Wildman–Crippen MR) is 86.1 cm³/mol. The van der Waals surface area contributed by atoms with Crippen molar-refractivity contribution in [2.24, 2.45) is 5.41 Å². The van der Waals surface area contributed by atoms with Gasteiger partial charge in [-0.3, -0.25) is 4.79 Å². The van der Waals surface area contributed by atoms with Gasteiger partial charge in [-0.15, -0.1) is 0 Å². The van der Waals surface area contributed by atoms with Crippen LogP contribution in [0.4, 0.5) is 5.69 Å². The largest absolute Gasteiger partial charge is 0.492 e. The van der Waals surface area contributed by atoms with Crippen molar-refractivity contribution in [1.29, 1.82) is 0 Å². The van der Waals surface area contributed by atoms with E-state index >= 15 is 0 Å². The highest BCUT2D eigenvalue weighted by molar-refractivity contribution is 6.32. The number of ether oxygens (including phenoxy) is 1. The highest BCUT2D eigenvalue weighted by Gasteiger charge is 2.31. The Morgan fingerprint density at radius 3 is 2.71 bits per heavy atom. The maximum Gasteiger partial charge on any atom is 0.246 e. The zero-order valence-corrected chi connectivity index (χ0v) is 13.8. The Morgan fingerprint density at radius 2 is 2.10 bits per heavy atom. The first-order chi connectivity index (χ1) is 9.81. The van der Waals surface area contributed by atoms with Gasteiger partial charge in [0.05, 0.1) is 11.6 Å². The molecule has 1 amide bonds. The summed E-state index contributed by atoms with van der Waals surface area (Å²) in [5.41, 5.74) is 1.88. The molecule has 0 bridgehead atoms. The van der Waals surface area contributed by atoms with E-state index in [2.05, 4.69) is 31.4 Å². The Kier molecular flexibility index (Phi) is 4.79. The first-order valence-corrected chi connectivity index (χ1v) is 7.70. The van der Waals surface area contributed by atoms with Gasteiger partial charge in [-0.05, 0) is 24.4 Å². The third-order valence-electron chi connectivity index (χ3n) is 3.45. The molecule has 0 aliphatic carbocycles. The standard InChI is InChI=1S/C16H23ClN2O2/c1-5-18-14-10-8-11(17)13(9-12(10)19-15(14)20)21-7-6-16(2,3)4/h8-9,14,18H,5-7H2,1-4H3,(H,19,20). The molecular formula is C16H23ClN2O2. The molecule has 1 atom stereocenters. The topological polar surface area (TPSA) is 50.4 Å². The van der Waals surface area contributed by atoms with E-state index in [1.54, 1.807) is 0 Å². The minimum absolute atomic E-state index is 0.0465. The minimum atomic E-state index is -0.328. The lowest BCUT2D eigenvalue weighted by atomic mass is 9.93. The fourth-order valence-electron chi connectivity index (χ4n) is 2.25. The average Bonchev–Trinajstić information content (AvgIpc) is 2.65. The lowest BCUT2D eigenvalue weighted by molar-refractivity contribution is -0.117. The van der Waals surface area contributed by atoms with Crippen LogP contribution in [0.2, 0.25) is 5.02 Å². The van der Waals surface area contributed by atoms with Gasteiger partial charge in [-0.1, -0.05) is 39.3 Å². The van der Waals surface area contributed by atoms with Crippen LogP contribution in [-0.2, 0) is 4.79 Å². The van der Waals surface area contributed by atoms with Crippen molar-refractivity contribution in [3.05, 3.63) is 22.7 Å². The zero-order valence-electron chi connectivity index (χ0n) is 13.0. The Morgan fingerprint density at radius 1 is 1.38 bits per heavy atom. The fourth-order valence-corrected chi connectivity index (χ4v) is 2.47. The Labute approximate surface area is 131 Å². The fraction of sp³-hybridized carbons (Fsp3) is 0.562. The smallest absolute Gasteiger partial charge is 0.246 e. The number of carbonyl (C=O) groups is 1. The third kappa shape index (κ3) is 3.89. The molecule has 1 heterocycles. The van der Waals surface area contributed by atoms with Gasteiger partial charge in [0.2, 0.25) is 5.91 Å². The van der Waals surface area contributed by atoms with E-state index in [4.69, 9.17) is 16.3 Å². The number of carbonyl (C=O) groups excluding carboxylic acids is 1. The van der Waals surface area contributed by atoms with E-state index < -0.39 is 0 Å². The Bertz CT molecular complexity index is 538. The lowest BCUT2D eigenvalue weighted by Gasteiger charge is -2.19. The molecule has 0 spiro atoms. The van der Waals surface area contributed by atoms with E-state index in [9.17, 15) is 4.79 Å². The number of nitrogens with one attached hydrogen (secondary N) is 2. The molecule has 4 nitrogen and oxygen atoms in total. The van der Waals surface area contributed by atoms with Gasteiger partial charge in [-0.2, -0.15) is 0 Å². The molecule has 2 rings (SSSR count). The van der Waals surface area contributed by atoms with Crippen molar-refractivity contribution in [1.82, 2.24) is 5.32 Å². The molecule has 1 aliphatic heterocycles. The third-order valence-corrected chi connectivity index (χ3v) is 3.75. The number of fused-ring (bicyclic) bond motifs is 1. The van der Waals surface area contributed by atoms with E-state index in [0.29, 0.717) is 17.4 Å². The zero-order chi connectivity index (χ0) is 15.6. The van der Waals surface area contributed by atoms with Crippen LogP contribution in [0.25, 0.3) is 0 Å². The van der Waals surface area contributed by atoms with Crippen molar-refractivity contribution in [2.45, 2.75) is 40.2 Å². The van der Waals surface area contributed by atoms with Crippen molar-refractivity contribution in [3.63, 3.8) is 0 Å². The monoisotopic (exact) mass is 310 g/mol. The molecule has 0 fully saturated rings. The highest BCUT2D eigenvalue weighted by Crippen LogP contribution is 2.38. The normalized spacial score (nSPS) is 17.6. The summed E-state index contributed by atoms with van der Waals surface area (Å²) in [6.07, 6.45) is 0.937. The molecule has 1 unspecified atom stereocenters. The second-order valence-corrected chi connectivity index (χ2v) is 6.92. The molecule has 5 heteroatoms. The Balaban J connectivity index is 2.13. The summed E-state index contributed by atoms with van der Waals surface area (Å²) in [7, 11) is 0. The summed E-state index contributed by atoms with van der Waals surface area (Å²) in [6, 6.07) is 3.30. The van der Waals surface area contributed by atoms with Crippen molar-refractivity contribution >= 4 is 23.2 Å². The van der Waals surface area contributed by atoms with Crippen molar-refractivity contribution in [3.8, 4) is 5.75 Å². The van der Waals surface area contributed by atoms with Crippen LogP contribution in [0.15, 0.2) is 12.1 Å². The predicted octanol–water partition coefficient (Wildman–Crippen LogP) is 3.76. The van der Waals surface area contributed by atoms with Crippen molar-refractivity contribution in [2.75, 3.05) is 18.5 Å². The van der Waals surface area contributed by atoms with E-state index in [1.165, 1.54) is 0 Å². The first kappa shape index (κ1) is 16.1. The molecule has 116 valence electrons. The summed E-state index contributed by atoms with van der Waals surface area (Å²) in [4.78, 5) is 11.9. The summed E-state index contributed by atoms with van der Waals surface area (Å²) < 4.78 is 5.76. The van der Waals surface area contributed by atoms with Gasteiger partial charge >= 0.3 is 0 Å². The summed E-state index contributed by atoms with van der Waals surface area (Å²) in [6.45, 7) is 9.80. The van der Waals surface area contributed by atoms with Crippen LogP contribution in [0.3, 0.4) is 0 Å². The van der Waals surface area contributed by atoms with Gasteiger partial charge in [-0.25, -0.2) is 0 Å². The highest BCUT2D eigenvalue weighted by atomic mass is 35.5. The molecule has 1 aromatic carbocycles. The van der Waals surface area contributed by atoms with Gasteiger partial charge < -0.3 is 15.4 Å². The molecule has 1 aliphatic rings. The van der Waals surface area contributed by atoms with Crippen LogP contribution >= 0.6 is 11.6 Å². The average molecular weight is 311 g/mol. The molecule has 0 saturated carbocycles. The molecule has 21 heavy (non-hydrogen) atoms. The van der Waals surface area contributed by atoms with Gasteiger partial charge in [0.25, 0.3) is 0 Å². The van der Waals surface area contributed by atoms with E-state index in [1.807, 2.05) is 19.1 Å². The molecule has 2 N–H and O–H groups in total. The van der Waals surface area contributed by atoms with Crippen LogP contribution in [0.5, 0.6) is 5.75 Å². The first-order valence-electron chi connectivity index (χ1n) is 7.32. The molecule has 0 aromatic heterocycles. The second kappa shape index (κ2) is 6.24. The van der Waals surface area contributed by atoms with Crippen LogP contribution < -0.4 is 15.4 Å². The molecule has 1 aromatic rings. The molecule has 0 saturated heterocycles. The number of hydrogen-bond donors (Lipinski definition) is 2. The van der Waals surface area contributed by atoms with Gasteiger partial charge in [0.1, 0.15) is 11.8 Å².